The summed E-state index contributed by atoms with van der Waals surface area (Å²) in [7, 11) is 0. The number of fused-ring (bicyclic) bond motifs is 1. The zero-order valence-electron chi connectivity index (χ0n) is 11.6. The largest absolute Gasteiger partial charge is 0.378 e. The highest BCUT2D eigenvalue weighted by atomic mass is 79.9. The van der Waals surface area contributed by atoms with Gasteiger partial charge in [0.2, 0.25) is 0 Å². The SMILES string of the molecule is O=c1[nH]c2cc(Br)c(C(Br)CCC3CCCCO3)cc2[nH]1. The number of rotatable bonds is 4. The van der Waals surface area contributed by atoms with Crippen LogP contribution in [0.1, 0.15) is 42.5 Å². The summed E-state index contributed by atoms with van der Waals surface area (Å²) in [6.07, 6.45) is 6.11. The number of benzene rings is 1. The van der Waals surface area contributed by atoms with Gasteiger partial charge in [-0.1, -0.05) is 31.9 Å². The molecule has 1 aliphatic rings. The molecular formula is C15H18Br2N2O2. The average Bonchev–Trinajstić information content (AvgIpc) is 2.84. The molecule has 2 atom stereocenters. The van der Waals surface area contributed by atoms with E-state index < -0.39 is 0 Å². The van der Waals surface area contributed by atoms with Crippen molar-refractivity contribution in [2.24, 2.45) is 0 Å². The molecular weight excluding hydrogens is 400 g/mol. The van der Waals surface area contributed by atoms with E-state index in [2.05, 4.69) is 41.8 Å². The Morgan fingerprint density at radius 1 is 1.29 bits per heavy atom. The van der Waals surface area contributed by atoms with Crippen molar-refractivity contribution in [3.8, 4) is 0 Å². The van der Waals surface area contributed by atoms with E-state index in [0.29, 0.717) is 6.10 Å². The van der Waals surface area contributed by atoms with Crippen LogP contribution in [-0.4, -0.2) is 22.7 Å². The molecule has 21 heavy (non-hydrogen) atoms. The van der Waals surface area contributed by atoms with Gasteiger partial charge >= 0.3 is 5.69 Å². The Hall–Kier alpha value is -0.590. The van der Waals surface area contributed by atoms with Crippen molar-refractivity contribution < 1.29 is 4.74 Å². The third kappa shape index (κ3) is 3.60. The summed E-state index contributed by atoms with van der Waals surface area (Å²) in [6, 6.07) is 3.98. The number of hydrogen-bond donors (Lipinski definition) is 2. The Bertz CT molecular complexity index is 674. The van der Waals surface area contributed by atoms with Gasteiger partial charge in [-0.15, -0.1) is 0 Å². The molecule has 0 radical (unpaired) electrons. The molecule has 4 nitrogen and oxygen atoms in total. The summed E-state index contributed by atoms with van der Waals surface area (Å²) in [6.45, 7) is 0.901. The van der Waals surface area contributed by atoms with Crippen LogP contribution < -0.4 is 5.69 Å². The second-order valence-corrected chi connectivity index (χ2v) is 7.49. The number of H-pyrrole nitrogens is 2. The molecule has 2 unspecified atom stereocenters. The molecule has 0 amide bonds. The number of alkyl halides is 1. The molecule has 1 aromatic carbocycles. The average molecular weight is 418 g/mol. The molecule has 1 fully saturated rings. The van der Waals surface area contributed by atoms with Crippen molar-refractivity contribution in [3.05, 3.63) is 32.7 Å². The zero-order valence-corrected chi connectivity index (χ0v) is 14.8. The molecule has 0 saturated carbocycles. The lowest BCUT2D eigenvalue weighted by Crippen LogP contribution is -2.19. The summed E-state index contributed by atoms with van der Waals surface area (Å²) in [4.78, 5) is 17.2. The maximum absolute atomic E-state index is 11.4. The minimum Gasteiger partial charge on any atom is -0.378 e. The van der Waals surface area contributed by atoms with Gasteiger partial charge in [0.15, 0.2) is 0 Å². The van der Waals surface area contributed by atoms with Crippen LogP contribution in [0.4, 0.5) is 0 Å². The maximum Gasteiger partial charge on any atom is 0.323 e. The second kappa shape index (κ2) is 6.67. The Kier molecular flexibility index (Phi) is 4.86. The van der Waals surface area contributed by atoms with Crippen molar-refractivity contribution in [3.63, 3.8) is 0 Å². The highest BCUT2D eigenvalue weighted by Gasteiger charge is 2.18. The molecule has 0 spiro atoms. The predicted octanol–water partition coefficient (Wildman–Crippen LogP) is 4.40. The molecule has 1 aliphatic heterocycles. The minimum atomic E-state index is -0.171. The van der Waals surface area contributed by atoms with Gasteiger partial charge < -0.3 is 14.7 Å². The van der Waals surface area contributed by atoms with Crippen LogP contribution in [0.25, 0.3) is 11.0 Å². The van der Waals surface area contributed by atoms with Crippen molar-refractivity contribution >= 4 is 42.9 Å². The van der Waals surface area contributed by atoms with E-state index in [9.17, 15) is 4.79 Å². The van der Waals surface area contributed by atoms with Gasteiger partial charge in [0.1, 0.15) is 0 Å². The molecule has 1 aromatic heterocycles. The number of aromatic amines is 2. The summed E-state index contributed by atoms with van der Waals surface area (Å²) >= 11 is 7.36. The summed E-state index contributed by atoms with van der Waals surface area (Å²) in [5.41, 5.74) is 2.66. The van der Waals surface area contributed by atoms with Crippen LogP contribution in [0.3, 0.4) is 0 Å². The van der Waals surface area contributed by atoms with Crippen LogP contribution in [0.15, 0.2) is 21.4 Å². The third-order valence-electron chi connectivity index (χ3n) is 3.99. The topological polar surface area (TPSA) is 57.9 Å². The van der Waals surface area contributed by atoms with Crippen molar-refractivity contribution in [1.82, 2.24) is 9.97 Å². The molecule has 114 valence electrons. The molecule has 0 bridgehead atoms. The highest BCUT2D eigenvalue weighted by Crippen LogP contribution is 2.36. The normalized spacial score (nSPS) is 20.8. The fraction of sp³-hybridized carbons (Fsp3) is 0.533. The quantitative estimate of drug-likeness (QED) is 0.724. The van der Waals surface area contributed by atoms with Gasteiger partial charge in [0.05, 0.1) is 17.1 Å². The van der Waals surface area contributed by atoms with Gasteiger partial charge in [-0.25, -0.2) is 4.79 Å². The molecule has 1 saturated heterocycles. The highest BCUT2D eigenvalue weighted by molar-refractivity contribution is 9.11. The molecule has 2 heterocycles. The van der Waals surface area contributed by atoms with E-state index in [1.54, 1.807) is 0 Å². The minimum absolute atomic E-state index is 0.171. The first kappa shape index (κ1) is 15.3. The Morgan fingerprint density at radius 2 is 2.05 bits per heavy atom. The maximum atomic E-state index is 11.4. The molecule has 2 N–H and O–H groups in total. The van der Waals surface area contributed by atoms with Gasteiger partial charge in [-0.2, -0.15) is 0 Å². The van der Waals surface area contributed by atoms with Crippen LogP contribution in [-0.2, 0) is 4.74 Å². The summed E-state index contributed by atoms with van der Waals surface area (Å²) in [5.74, 6) is 0. The summed E-state index contributed by atoms with van der Waals surface area (Å²) < 4.78 is 6.79. The van der Waals surface area contributed by atoms with E-state index in [1.807, 2.05) is 12.1 Å². The predicted molar refractivity (Wildman–Crippen MR) is 91.1 cm³/mol. The van der Waals surface area contributed by atoms with E-state index in [0.717, 1.165) is 40.5 Å². The fourth-order valence-electron chi connectivity index (χ4n) is 2.84. The first-order valence-electron chi connectivity index (χ1n) is 7.30. The molecule has 2 aromatic rings. The Morgan fingerprint density at radius 3 is 2.76 bits per heavy atom. The van der Waals surface area contributed by atoms with E-state index >= 15 is 0 Å². The van der Waals surface area contributed by atoms with Crippen molar-refractivity contribution in [2.75, 3.05) is 6.61 Å². The van der Waals surface area contributed by atoms with Crippen molar-refractivity contribution in [1.29, 1.82) is 0 Å². The Labute approximate surface area is 139 Å². The standard InChI is InChI=1S/C15H18Br2N2O2/c16-11(5-4-9-3-1-2-6-21-9)10-7-13-14(8-12(10)17)19-15(20)18-13/h7-9,11H,1-6H2,(H2,18,19,20). The van der Waals surface area contributed by atoms with E-state index in [4.69, 9.17) is 4.74 Å². The van der Waals surface area contributed by atoms with Crippen LogP contribution in [0, 0.1) is 0 Å². The number of hydrogen-bond acceptors (Lipinski definition) is 2. The number of nitrogens with one attached hydrogen (secondary N) is 2. The lowest BCUT2D eigenvalue weighted by molar-refractivity contribution is 0.0102. The monoisotopic (exact) mass is 416 g/mol. The van der Waals surface area contributed by atoms with Gasteiger partial charge in [-0.3, -0.25) is 0 Å². The third-order valence-corrected chi connectivity index (χ3v) is 5.62. The summed E-state index contributed by atoms with van der Waals surface area (Å²) in [5, 5.41) is 0. The molecule has 6 heteroatoms. The fourth-order valence-corrected chi connectivity index (χ4v) is 4.41. The van der Waals surface area contributed by atoms with E-state index in [-0.39, 0.29) is 10.5 Å². The zero-order chi connectivity index (χ0) is 14.8. The first-order chi connectivity index (χ1) is 10.1. The van der Waals surface area contributed by atoms with Crippen LogP contribution in [0.5, 0.6) is 0 Å². The van der Waals surface area contributed by atoms with Crippen molar-refractivity contribution in [2.45, 2.75) is 43.0 Å². The lowest BCUT2D eigenvalue weighted by Gasteiger charge is -2.23. The lowest BCUT2D eigenvalue weighted by atomic mass is 10.0. The second-order valence-electron chi connectivity index (χ2n) is 5.53. The number of ether oxygens (including phenoxy) is 1. The number of halogens is 2. The molecule has 3 rings (SSSR count). The van der Waals surface area contributed by atoms with Crippen LogP contribution >= 0.6 is 31.9 Å². The van der Waals surface area contributed by atoms with Gasteiger partial charge in [0.25, 0.3) is 0 Å². The number of aromatic nitrogens is 2. The number of imidazole rings is 1. The van der Waals surface area contributed by atoms with Gasteiger partial charge in [0, 0.05) is 15.9 Å². The first-order valence-corrected chi connectivity index (χ1v) is 9.01. The van der Waals surface area contributed by atoms with E-state index in [1.165, 1.54) is 19.3 Å². The Balaban J connectivity index is 1.72. The van der Waals surface area contributed by atoms with Gasteiger partial charge in [-0.05, 0) is 49.8 Å². The smallest absolute Gasteiger partial charge is 0.323 e. The molecule has 0 aliphatic carbocycles. The van der Waals surface area contributed by atoms with Crippen LogP contribution in [0.2, 0.25) is 0 Å².